The summed E-state index contributed by atoms with van der Waals surface area (Å²) in [5.41, 5.74) is 1.50. The zero-order valence-electron chi connectivity index (χ0n) is 25.7. The molecule has 0 aromatic heterocycles. The Bertz CT molecular complexity index is 418. The minimum atomic E-state index is 0.500. The van der Waals surface area contributed by atoms with Crippen molar-refractivity contribution < 1.29 is 4.74 Å². The summed E-state index contributed by atoms with van der Waals surface area (Å²) in [5.74, 6) is 1.24. The molecule has 0 aliphatic carbocycles. The van der Waals surface area contributed by atoms with E-state index in [0.717, 1.165) is 19.7 Å². The van der Waals surface area contributed by atoms with Crippen molar-refractivity contribution in [1.29, 1.82) is 0 Å². The summed E-state index contributed by atoms with van der Waals surface area (Å²) in [6, 6.07) is 0. The molecule has 1 N–H and O–H groups in total. The van der Waals surface area contributed by atoms with Crippen LogP contribution in [0.1, 0.15) is 96.9 Å². The molecule has 0 aromatic rings. The van der Waals surface area contributed by atoms with E-state index in [2.05, 4.69) is 135 Å². The van der Waals surface area contributed by atoms with Crippen LogP contribution in [0.15, 0.2) is 48.4 Å². The average Bonchev–Trinajstić information content (AvgIpc) is 2.36. The third-order valence-corrected chi connectivity index (χ3v) is 2.76. The summed E-state index contributed by atoms with van der Waals surface area (Å²) in [6.07, 6.45) is 14.0. The van der Waals surface area contributed by atoms with Crippen LogP contribution in [0.4, 0.5) is 0 Å². The topological polar surface area (TPSA) is 24.5 Å². The molecule has 0 radical (unpaired) electrons. The van der Waals surface area contributed by atoms with E-state index in [1.54, 1.807) is 6.26 Å². The standard InChI is InChI=1S/3C5H12.C4H7N.C3H5N.C3H4O.C3H4S.C2H6/c3*1-5(2,3)4;1-5-3-2-4-5;3*1-2-4-3-1;1-2/h3*1-4H3;2-3H,4H2,1H3;1-2,4H,3H2;2*1-2H,3H2;1-2H3. The molecule has 4 aliphatic heterocycles. The zero-order valence-corrected chi connectivity index (χ0v) is 26.5. The van der Waals surface area contributed by atoms with Gasteiger partial charge < -0.3 is 15.0 Å². The van der Waals surface area contributed by atoms with Crippen LogP contribution in [0, 0.1) is 16.2 Å². The number of hydrogen-bond donors (Lipinski definition) is 1. The van der Waals surface area contributed by atoms with E-state index in [1.165, 1.54) is 5.75 Å². The van der Waals surface area contributed by atoms with E-state index < -0.39 is 0 Å². The van der Waals surface area contributed by atoms with Gasteiger partial charge in [0.15, 0.2) is 0 Å². The number of nitrogens with zero attached hydrogens (tertiary/aromatic N) is 1. The van der Waals surface area contributed by atoms with Gasteiger partial charge in [0.25, 0.3) is 0 Å². The predicted octanol–water partition coefficient (Wildman–Crippen LogP) is 9.51. The lowest BCUT2D eigenvalue weighted by atomic mass is 10.0. The van der Waals surface area contributed by atoms with Gasteiger partial charge in [-0.25, -0.2) is 0 Å². The van der Waals surface area contributed by atoms with Crippen LogP contribution >= 0.6 is 11.8 Å². The Morgan fingerprint density at radius 2 is 0.882 bits per heavy atom. The molecular weight excluding hydrogens is 436 g/mol. The maximum atomic E-state index is 4.54. The van der Waals surface area contributed by atoms with Gasteiger partial charge in [0.05, 0.1) is 6.26 Å². The Labute approximate surface area is 220 Å². The zero-order chi connectivity index (χ0) is 27.7. The minimum Gasteiger partial charge on any atom is -0.497 e. The fourth-order valence-electron chi connectivity index (χ4n) is 0.627. The number of thioether (sulfide) groups is 1. The number of nitrogens with one attached hydrogen (secondary N) is 1. The fraction of sp³-hybridized carbons (Fsp3) is 0.733. The molecule has 0 unspecified atom stereocenters. The predicted molar refractivity (Wildman–Crippen MR) is 162 cm³/mol. The Morgan fingerprint density at radius 3 is 0.882 bits per heavy atom. The SMILES string of the molecule is C1=CNC1.C1=COC1.C1=CSC1.CC.CC(C)(C)C.CC(C)(C)C.CC(C)(C)C.CN1C=CC1. The smallest absolute Gasteiger partial charge is 0.109 e. The van der Waals surface area contributed by atoms with Crippen LogP contribution in [0.5, 0.6) is 0 Å². The van der Waals surface area contributed by atoms with Crippen LogP contribution in [0.25, 0.3) is 0 Å². The molecule has 4 aliphatic rings. The molecule has 0 fully saturated rings. The van der Waals surface area contributed by atoms with Crippen LogP contribution in [-0.2, 0) is 4.74 Å². The fourth-order valence-corrected chi connectivity index (χ4v) is 0.819. The summed E-state index contributed by atoms with van der Waals surface area (Å²) in [5, 5.41) is 5.03. The van der Waals surface area contributed by atoms with Crippen molar-refractivity contribution in [3.63, 3.8) is 0 Å². The van der Waals surface area contributed by atoms with E-state index in [1.807, 2.05) is 37.9 Å². The Balaban J connectivity index is -0.000000153. The molecule has 0 bridgehead atoms. The lowest BCUT2D eigenvalue weighted by Crippen LogP contribution is -2.17. The second kappa shape index (κ2) is 24.8. The van der Waals surface area contributed by atoms with Crippen molar-refractivity contribution in [3.05, 3.63) is 48.4 Å². The van der Waals surface area contributed by atoms with Gasteiger partial charge >= 0.3 is 0 Å². The second-order valence-corrected chi connectivity index (χ2v) is 13.5. The summed E-state index contributed by atoms with van der Waals surface area (Å²) in [6.45, 7) is 33.3. The molecule has 0 amide bonds. The second-order valence-electron chi connectivity index (χ2n) is 12.5. The summed E-state index contributed by atoms with van der Waals surface area (Å²) < 4.78 is 4.54. The van der Waals surface area contributed by atoms with E-state index >= 15 is 0 Å². The summed E-state index contributed by atoms with van der Waals surface area (Å²) in [4.78, 5) is 2.12. The Kier molecular flexibility index (Phi) is 29.1. The molecule has 0 aromatic carbocycles. The number of rotatable bonds is 0. The van der Waals surface area contributed by atoms with Gasteiger partial charge in [-0.15, -0.1) is 11.8 Å². The van der Waals surface area contributed by atoms with Crippen LogP contribution in [-0.4, -0.2) is 37.4 Å². The van der Waals surface area contributed by atoms with Gasteiger partial charge in [0.1, 0.15) is 6.61 Å². The highest BCUT2D eigenvalue weighted by molar-refractivity contribution is 8.03. The highest BCUT2D eigenvalue weighted by Crippen LogP contribution is 2.11. The van der Waals surface area contributed by atoms with Crippen molar-refractivity contribution in [2.75, 3.05) is 32.5 Å². The van der Waals surface area contributed by atoms with Crippen molar-refractivity contribution >= 4 is 11.8 Å². The van der Waals surface area contributed by atoms with Gasteiger partial charge in [-0.05, 0) is 52.3 Å². The van der Waals surface area contributed by atoms with E-state index in [0.29, 0.717) is 16.2 Å². The van der Waals surface area contributed by atoms with Gasteiger partial charge in [0.2, 0.25) is 0 Å². The van der Waals surface area contributed by atoms with E-state index in [-0.39, 0.29) is 0 Å². The molecular formula is C30H62N2OS. The molecule has 0 saturated heterocycles. The molecule has 34 heavy (non-hydrogen) atoms. The first kappa shape index (κ1) is 39.9. The van der Waals surface area contributed by atoms with Gasteiger partial charge in [0, 0.05) is 25.9 Å². The molecule has 3 nitrogen and oxygen atoms in total. The first-order valence-corrected chi connectivity index (χ1v) is 13.7. The quantitative estimate of drug-likeness (QED) is 0.359. The highest BCUT2D eigenvalue weighted by atomic mass is 32.2. The average molecular weight is 499 g/mol. The first-order valence-electron chi connectivity index (χ1n) is 12.7. The largest absolute Gasteiger partial charge is 0.497 e. The molecule has 4 rings (SSSR count). The van der Waals surface area contributed by atoms with Crippen LogP contribution < -0.4 is 5.32 Å². The third kappa shape index (κ3) is 97.1. The molecule has 4 heteroatoms. The van der Waals surface area contributed by atoms with Crippen molar-refractivity contribution in [1.82, 2.24) is 10.2 Å². The van der Waals surface area contributed by atoms with Gasteiger partial charge in [-0.1, -0.05) is 103 Å². The lowest BCUT2D eigenvalue weighted by Gasteiger charge is -2.17. The van der Waals surface area contributed by atoms with E-state index in [4.69, 9.17) is 0 Å². The van der Waals surface area contributed by atoms with Crippen LogP contribution in [0.2, 0.25) is 0 Å². The minimum absolute atomic E-state index is 0.500. The highest BCUT2D eigenvalue weighted by Gasteiger charge is 1.96. The Morgan fingerprint density at radius 1 is 0.735 bits per heavy atom. The molecule has 0 atom stereocenters. The van der Waals surface area contributed by atoms with Crippen molar-refractivity contribution in [2.45, 2.75) is 96.9 Å². The molecule has 0 spiro atoms. The van der Waals surface area contributed by atoms with Crippen molar-refractivity contribution in [2.24, 2.45) is 16.2 Å². The first-order chi connectivity index (χ1) is 15.4. The van der Waals surface area contributed by atoms with E-state index in [9.17, 15) is 0 Å². The molecule has 0 saturated carbocycles. The number of likely N-dealkylation sites (N-methyl/N-ethyl adjacent to an activating group) is 1. The number of hydrogen-bond acceptors (Lipinski definition) is 4. The lowest BCUT2D eigenvalue weighted by molar-refractivity contribution is 0.243. The van der Waals surface area contributed by atoms with Gasteiger partial charge in [-0.3, -0.25) is 0 Å². The maximum Gasteiger partial charge on any atom is 0.109 e. The molecule has 4 heterocycles. The normalized spacial score (nSPS) is 14.9. The summed E-state index contributed by atoms with van der Waals surface area (Å²) in [7, 11) is 2.06. The van der Waals surface area contributed by atoms with Crippen molar-refractivity contribution in [3.8, 4) is 0 Å². The van der Waals surface area contributed by atoms with Gasteiger partial charge in [-0.2, -0.15) is 0 Å². The number of ether oxygens (including phenoxy) is 1. The van der Waals surface area contributed by atoms with Crippen LogP contribution in [0.3, 0.4) is 0 Å². The monoisotopic (exact) mass is 498 g/mol. The Hall–Kier alpha value is -1.29. The third-order valence-electron chi connectivity index (χ3n) is 1.99. The molecule has 204 valence electrons. The summed E-state index contributed by atoms with van der Waals surface area (Å²) >= 11 is 1.86. The maximum absolute atomic E-state index is 4.54.